The maximum absolute atomic E-state index is 12.5. The van der Waals surface area contributed by atoms with E-state index in [0.29, 0.717) is 5.56 Å². The Hall–Kier alpha value is -2.62. The summed E-state index contributed by atoms with van der Waals surface area (Å²) in [6.07, 6.45) is -1.79. The summed E-state index contributed by atoms with van der Waals surface area (Å²) in [6, 6.07) is 3.44. The molecule has 0 aromatic carbocycles. The van der Waals surface area contributed by atoms with Gasteiger partial charge in [-0.2, -0.15) is 0 Å². The molecule has 0 bridgehead atoms. The third-order valence-corrected chi connectivity index (χ3v) is 4.49. The largest absolute Gasteiger partial charge is 0.573 e. The normalized spacial score (nSPS) is 11.8. The van der Waals surface area contributed by atoms with Crippen molar-refractivity contribution >= 4 is 21.7 Å². The minimum atomic E-state index is -4.95. The van der Waals surface area contributed by atoms with E-state index in [2.05, 4.69) is 26.6 Å². The quantitative estimate of drug-likeness (QED) is 0.884. The van der Waals surface area contributed by atoms with Crippen LogP contribution in [0.3, 0.4) is 0 Å². The van der Waals surface area contributed by atoms with Crippen LogP contribution in [0.2, 0.25) is 0 Å². The first-order chi connectivity index (χ1) is 11.2. The molecule has 24 heavy (non-hydrogen) atoms. The predicted octanol–water partition coefficient (Wildman–Crippen LogP) is 2.89. The highest BCUT2D eigenvalue weighted by Crippen LogP contribution is 2.27. The molecular formula is C14H12F3N3O3S. The van der Waals surface area contributed by atoms with Crippen molar-refractivity contribution in [2.24, 2.45) is 0 Å². The molecule has 0 aliphatic carbocycles. The summed E-state index contributed by atoms with van der Waals surface area (Å²) >= 11 is 0. The van der Waals surface area contributed by atoms with Crippen molar-refractivity contribution in [3.63, 3.8) is 0 Å². The number of anilines is 1. The van der Waals surface area contributed by atoms with Gasteiger partial charge in [0.05, 0.1) is 11.1 Å². The Morgan fingerprint density at radius 3 is 2.58 bits per heavy atom. The van der Waals surface area contributed by atoms with Crippen molar-refractivity contribution in [2.75, 3.05) is 12.4 Å². The number of nitrogens with one attached hydrogen (secondary N) is 1. The molecule has 0 aliphatic rings. The molecule has 2 heterocycles. The van der Waals surface area contributed by atoms with Crippen LogP contribution in [0.15, 0.2) is 47.1 Å². The number of pyridine rings is 2. The Kier molecular flexibility index (Phi) is 4.78. The zero-order valence-electron chi connectivity index (χ0n) is 12.3. The summed E-state index contributed by atoms with van der Waals surface area (Å²) in [7, 11) is -2.62. The van der Waals surface area contributed by atoms with Gasteiger partial charge in [-0.05, 0) is 12.1 Å². The number of sulfone groups is 1. The molecule has 1 N–H and O–H groups in total. The Morgan fingerprint density at radius 1 is 1.29 bits per heavy atom. The van der Waals surface area contributed by atoms with Gasteiger partial charge in [-0.25, -0.2) is 13.4 Å². The molecule has 0 radical (unpaired) electrons. The van der Waals surface area contributed by atoms with Crippen LogP contribution in [0.5, 0.6) is 5.75 Å². The van der Waals surface area contributed by atoms with Gasteiger partial charge in [0.15, 0.2) is 5.03 Å². The maximum atomic E-state index is 12.5. The Bertz CT molecular complexity index is 867. The van der Waals surface area contributed by atoms with E-state index in [0.717, 1.165) is 18.5 Å². The fourth-order valence-electron chi connectivity index (χ4n) is 1.82. The second kappa shape index (κ2) is 6.48. The van der Waals surface area contributed by atoms with Crippen molar-refractivity contribution < 1.29 is 26.3 Å². The summed E-state index contributed by atoms with van der Waals surface area (Å²) < 4.78 is 65.5. The Labute approximate surface area is 135 Å². The second-order valence-electron chi connectivity index (χ2n) is 4.45. The van der Waals surface area contributed by atoms with E-state index in [4.69, 9.17) is 0 Å². The van der Waals surface area contributed by atoms with Crippen molar-refractivity contribution in [1.82, 2.24) is 9.97 Å². The maximum Gasteiger partial charge on any atom is 0.573 e. The third kappa shape index (κ3) is 3.82. The van der Waals surface area contributed by atoms with Gasteiger partial charge in [-0.1, -0.05) is 12.7 Å². The van der Waals surface area contributed by atoms with Gasteiger partial charge in [-0.15, -0.1) is 13.2 Å². The van der Waals surface area contributed by atoms with Crippen molar-refractivity contribution in [2.45, 2.75) is 16.3 Å². The van der Waals surface area contributed by atoms with E-state index in [1.807, 2.05) is 0 Å². The molecule has 2 aromatic rings. The molecule has 2 rings (SSSR count). The first kappa shape index (κ1) is 17.7. The van der Waals surface area contributed by atoms with E-state index in [9.17, 15) is 21.6 Å². The van der Waals surface area contributed by atoms with Crippen LogP contribution in [-0.4, -0.2) is 31.8 Å². The van der Waals surface area contributed by atoms with E-state index in [1.165, 1.54) is 18.2 Å². The Balaban J connectivity index is 2.48. The molecule has 128 valence electrons. The zero-order valence-corrected chi connectivity index (χ0v) is 13.1. The predicted molar refractivity (Wildman–Crippen MR) is 80.2 cm³/mol. The lowest BCUT2D eigenvalue weighted by atomic mass is 10.2. The van der Waals surface area contributed by atoms with E-state index in [-0.39, 0.29) is 10.8 Å². The highest BCUT2D eigenvalue weighted by atomic mass is 32.2. The second-order valence-corrected chi connectivity index (χ2v) is 6.35. The number of aromatic nitrogens is 2. The van der Waals surface area contributed by atoms with E-state index < -0.39 is 26.8 Å². The number of hydrogen-bond donors (Lipinski definition) is 1. The molecule has 6 nitrogen and oxygen atoms in total. The molecule has 2 aromatic heterocycles. The van der Waals surface area contributed by atoms with Crippen molar-refractivity contribution in [3.8, 4) is 5.75 Å². The van der Waals surface area contributed by atoms with Gasteiger partial charge in [0, 0.05) is 24.9 Å². The van der Waals surface area contributed by atoms with Crippen molar-refractivity contribution in [1.29, 1.82) is 0 Å². The molecule has 0 saturated heterocycles. The molecule has 0 saturated carbocycles. The van der Waals surface area contributed by atoms with Crippen LogP contribution in [-0.2, 0) is 9.84 Å². The minimum absolute atomic E-state index is 0.265. The van der Waals surface area contributed by atoms with Gasteiger partial charge < -0.3 is 10.1 Å². The van der Waals surface area contributed by atoms with Gasteiger partial charge in [0.2, 0.25) is 9.84 Å². The van der Waals surface area contributed by atoms with Crippen LogP contribution < -0.4 is 10.1 Å². The van der Waals surface area contributed by atoms with Gasteiger partial charge in [0.1, 0.15) is 11.6 Å². The molecule has 0 atom stereocenters. The first-order valence-corrected chi connectivity index (χ1v) is 7.93. The van der Waals surface area contributed by atoms with Gasteiger partial charge in [0.25, 0.3) is 0 Å². The number of nitrogens with zero attached hydrogens (tertiary/aromatic N) is 2. The summed E-state index contributed by atoms with van der Waals surface area (Å²) in [5.41, 5.74) is 0.573. The van der Waals surface area contributed by atoms with Crippen LogP contribution in [0.1, 0.15) is 5.56 Å². The monoisotopic (exact) mass is 359 g/mol. The molecule has 0 aliphatic heterocycles. The Morgan fingerprint density at radius 2 is 2.00 bits per heavy atom. The SMILES string of the molecule is C=Cc1ccc(S(=O)(=O)c2cncc(OC(F)(F)F)c2)nc1NC. The topological polar surface area (TPSA) is 81.2 Å². The average molecular weight is 359 g/mol. The lowest BCUT2D eigenvalue weighted by Crippen LogP contribution is -2.17. The first-order valence-electron chi connectivity index (χ1n) is 6.44. The third-order valence-electron chi connectivity index (χ3n) is 2.86. The highest BCUT2D eigenvalue weighted by Gasteiger charge is 2.32. The number of alkyl halides is 3. The fraction of sp³-hybridized carbons (Fsp3) is 0.143. The van der Waals surface area contributed by atoms with E-state index in [1.54, 1.807) is 7.05 Å². The summed E-state index contributed by atoms with van der Waals surface area (Å²) in [5, 5.41) is 2.37. The van der Waals surface area contributed by atoms with Crippen LogP contribution in [0.25, 0.3) is 6.08 Å². The van der Waals surface area contributed by atoms with Crippen LogP contribution in [0.4, 0.5) is 19.0 Å². The zero-order chi connectivity index (χ0) is 18.0. The lowest BCUT2D eigenvalue weighted by Gasteiger charge is -2.11. The summed E-state index contributed by atoms with van der Waals surface area (Å²) in [5.74, 6) is -0.471. The van der Waals surface area contributed by atoms with E-state index >= 15 is 0 Å². The molecule has 0 fully saturated rings. The number of rotatable bonds is 5. The van der Waals surface area contributed by atoms with Crippen LogP contribution in [0, 0.1) is 0 Å². The molecule has 0 unspecified atom stereocenters. The highest BCUT2D eigenvalue weighted by molar-refractivity contribution is 7.91. The molecular weight excluding hydrogens is 347 g/mol. The smallest absolute Gasteiger partial charge is 0.404 e. The number of hydrogen-bond acceptors (Lipinski definition) is 6. The molecule has 0 spiro atoms. The van der Waals surface area contributed by atoms with Crippen LogP contribution >= 0.6 is 0 Å². The minimum Gasteiger partial charge on any atom is -0.404 e. The van der Waals surface area contributed by atoms with Gasteiger partial charge >= 0.3 is 6.36 Å². The summed E-state index contributed by atoms with van der Waals surface area (Å²) in [6.45, 7) is 3.57. The average Bonchev–Trinajstić information content (AvgIpc) is 2.52. The standard InChI is InChI=1S/C14H12F3N3O3S/c1-3-9-4-5-12(20-13(9)18-2)24(21,22)11-6-10(7-19-8-11)23-14(15,16)17/h3-8H,1H2,2H3,(H,18,20). The molecule has 10 heteroatoms. The lowest BCUT2D eigenvalue weighted by molar-refractivity contribution is -0.274. The van der Waals surface area contributed by atoms with Gasteiger partial charge in [-0.3, -0.25) is 4.98 Å². The summed E-state index contributed by atoms with van der Waals surface area (Å²) in [4.78, 5) is 6.96. The number of halogens is 3. The number of ether oxygens (including phenoxy) is 1. The fourth-order valence-corrected chi connectivity index (χ4v) is 2.99. The van der Waals surface area contributed by atoms with Crippen molar-refractivity contribution in [3.05, 3.63) is 42.7 Å². The molecule has 0 amide bonds.